The molecule has 190 valence electrons. The smallest absolute Gasteiger partial charge is 0.412 e. The molecule has 5 heteroatoms. The lowest BCUT2D eigenvalue weighted by Crippen LogP contribution is -2.42. The second-order valence-electron chi connectivity index (χ2n) is 10.5. The maximum absolute atomic E-state index is 12.2. The Balaban J connectivity index is 1.85. The molecule has 1 rings (SSSR count). The number of ether oxygens (including phenoxy) is 3. The maximum atomic E-state index is 12.2. The predicted molar refractivity (Wildman–Crippen MR) is 133 cm³/mol. The van der Waals surface area contributed by atoms with E-state index in [1.807, 2.05) is 20.8 Å². The zero-order valence-corrected chi connectivity index (χ0v) is 21.8. The lowest BCUT2D eigenvalue weighted by atomic mass is 10.0. The molecule has 1 saturated heterocycles. The van der Waals surface area contributed by atoms with E-state index < -0.39 is 5.60 Å². The zero-order valence-electron chi connectivity index (χ0n) is 21.8. The van der Waals surface area contributed by atoms with Gasteiger partial charge in [-0.3, -0.25) is 4.90 Å². The van der Waals surface area contributed by atoms with E-state index >= 15 is 0 Å². The number of unbranched alkanes of at least 4 members (excludes halogenated alkanes) is 15. The number of rotatable bonds is 19. The summed E-state index contributed by atoms with van der Waals surface area (Å²) >= 11 is 0. The van der Waals surface area contributed by atoms with Gasteiger partial charge >= 0.3 is 6.09 Å². The number of hydrogen-bond donors (Lipinski definition) is 0. The summed E-state index contributed by atoms with van der Waals surface area (Å²) in [5, 5.41) is 0. The van der Waals surface area contributed by atoms with Crippen LogP contribution in [0.4, 0.5) is 4.79 Å². The van der Waals surface area contributed by atoms with Gasteiger partial charge in [0.25, 0.3) is 0 Å². The second kappa shape index (κ2) is 18.6. The molecule has 1 fully saturated rings. The van der Waals surface area contributed by atoms with Crippen LogP contribution in [-0.4, -0.2) is 49.2 Å². The lowest BCUT2D eigenvalue weighted by molar-refractivity contribution is 0.00720. The van der Waals surface area contributed by atoms with E-state index in [0.717, 1.165) is 13.0 Å². The van der Waals surface area contributed by atoms with Crippen molar-refractivity contribution in [3.63, 3.8) is 0 Å². The predicted octanol–water partition coefficient (Wildman–Crippen LogP) is 7.86. The largest absolute Gasteiger partial charge is 0.444 e. The SMILES string of the molecule is CCCCCCCCCCCCCCCCCCOCC1COCN1C(=O)OC(C)(C)C. The fourth-order valence-corrected chi connectivity index (χ4v) is 4.11. The Labute approximate surface area is 198 Å². The molecule has 1 aliphatic heterocycles. The van der Waals surface area contributed by atoms with Crippen LogP contribution < -0.4 is 0 Å². The van der Waals surface area contributed by atoms with Crippen LogP contribution in [0.2, 0.25) is 0 Å². The van der Waals surface area contributed by atoms with Gasteiger partial charge in [0.1, 0.15) is 12.3 Å². The highest BCUT2D eigenvalue weighted by Gasteiger charge is 2.33. The summed E-state index contributed by atoms with van der Waals surface area (Å²) < 4.78 is 16.7. The van der Waals surface area contributed by atoms with E-state index in [1.165, 1.54) is 96.3 Å². The molecule has 1 aliphatic rings. The summed E-state index contributed by atoms with van der Waals surface area (Å²) in [6.45, 7) is 10.0. The molecule has 0 aromatic heterocycles. The molecule has 5 nitrogen and oxygen atoms in total. The number of amides is 1. The van der Waals surface area contributed by atoms with Crippen molar-refractivity contribution < 1.29 is 19.0 Å². The Morgan fingerprint density at radius 2 is 1.28 bits per heavy atom. The molecule has 0 aromatic carbocycles. The van der Waals surface area contributed by atoms with Crippen LogP contribution in [-0.2, 0) is 14.2 Å². The first-order chi connectivity index (χ1) is 15.4. The van der Waals surface area contributed by atoms with E-state index in [4.69, 9.17) is 14.2 Å². The zero-order chi connectivity index (χ0) is 23.5. The van der Waals surface area contributed by atoms with Crippen molar-refractivity contribution in [1.82, 2.24) is 4.90 Å². The van der Waals surface area contributed by atoms with Gasteiger partial charge in [-0.25, -0.2) is 4.79 Å². The van der Waals surface area contributed by atoms with Gasteiger partial charge in [0.05, 0.1) is 19.3 Å². The third-order valence-corrected chi connectivity index (χ3v) is 6.06. The minimum absolute atomic E-state index is 0.0362. The Morgan fingerprint density at radius 3 is 1.75 bits per heavy atom. The number of carbonyl (C=O) groups is 1. The van der Waals surface area contributed by atoms with Gasteiger partial charge in [-0.1, -0.05) is 103 Å². The highest BCUT2D eigenvalue weighted by molar-refractivity contribution is 5.68. The Hall–Kier alpha value is -0.810. The molecule has 0 saturated carbocycles. The van der Waals surface area contributed by atoms with Gasteiger partial charge in [-0.2, -0.15) is 0 Å². The van der Waals surface area contributed by atoms with Crippen LogP contribution in [0, 0.1) is 0 Å². The standard InChI is InChI=1S/C27H53NO4/c1-5-6-7-8-9-10-11-12-13-14-15-16-17-18-19-20-21-30-22-25-23-31-24-28(25)26(29)32-27(2,3)4/h25H,5-24H2,1-4H3. The maximum Gasteiger partial charge on any atom is 0.412 e. The van der Waals surface area contributed by atoms with Gasteiger partial charge in [-0.15, -0.1) is 0 Å². The molecule has 1 amide bonds. The van der Waals surface area contributed by atoms with Crippen molar-refractivity contribution in [2.45, 2.75) is 142 Å². The fraction of sp³-hybridized carbons (Fsp3) is 0.963. The van der Waals surface area contributed by atoms with Crippen molar-refractivity contribution in [3.8, 4) is 0 Å². The monoisotopic (exact) mass is 455 g/mol. The third kappa shape index (κ3) is 15.9. The summed E-state index contributed by atoms with van der Waals surface area (Å²) in [6.07, 6.45) is 21.7. The summed E-state index contributed by atoms with van der Waals surface area (Å²) in [5.74, 6) is 0. The van der Waals surface area contributed by atoms with Crippen LogP contribution in [0.25, 0.3) is 0 Å². The molecule has 0 bridgehead atoms. The van der Waals surface area contributed by atoms with Crippen molar-refractivity contribution in [1.29, 1.82) is 0 Å². The van der Waals surface area contributed by atoms with Crippen LogP contribution in [0.3, 0.4) is 0 Å². The first kappa shape index (κ1) is 29.2. The third-order valence-electron chi connectivity index (χ3n) is 6.06. The van der Waals surface area contributed by atoms with Crippen LogP contribution >= 0.6 is 0 Å². The highest BCUT2D eigenvalue weighted by atomic mass is 16.6. The number of nitrogens with zero attached hydrogens (tertiary/aromatic N) is 1. The summed E-state index contributed by atoms with van der Waals surface area (Å²) in [7, 11) is 0. The van der Waals surface area contributed by atoms with Gasteiger partial charge in [-0.05, 0) is 27.2 Å². The molecule has 0 radical (unpaired) electrons. The molecular weight excluding hydrogens is 402 g/mol. The molecular formula is C27H53NO4. The highest BCUT2D eigenvalue weighted by Crippen LogP contribution is 2.17. The Bertz CT molecular complexity index is 449. The van der Waals surface area contributed by atoms with Crippen molar-refractivity contribution in [2.24, 2.45) is 0 Å². The van der Waals surface area contributed by atoms with Crippen LogP contribution in [0.1, 0.15) is 130 Å². The van der Waals surface area contributed by atoms with Crippen molar-refractivity contribution in [3.05, 3.63) is 0 Å². The molecule has 0 aliphatic carbocycles. The van der Waals surface area contributed by atoms with E-state index in [1.54, 1.807) is 4.90 Å². The van der Waals surface area contributed by atoms with E-state index in [-0.39, 0.29) is 12.1 Å². The Morgan fingerprint density at radius 1 is 0.812 bits per heavy atom. The fourth-order valence-electron chi connectivity index (χ4n) is 4.11. The van der Waals surface area contributed by atoms with Gasteiger partial charge < -0.3 is 14.2 Å². The second-order valence-corrected chi connectivity index (χ2v) is 10.5. The van der Waals surface area contributed by atoms with Gasteiger partial charge in [0.2, 0.25) is 0 Å². The van der Waals surface area contributed by atoms with Gasteiger partial charge in [0, 0.05) is 6.61 Å². The van der Waals surface area contributed by atoms with Crippen molar-refractivity contribution >= 4 is 6.09 Å². The first-order valence-corrected chi connectivity index (χ1v) is 13.6. The first-order valence-electron chi connectivity index (χ1n) is 13.6. The van der Waals surface area contributed by atoms with E-state index in [0.29, 0.717) is 19.9 Å². The molecule has 1 unspecified atom stereocenters. The quantitative estimate of drug-likeness (QED) is 0.186. The minimum atomic E-state index is -0.487. The van der Waals surface area contributed by atoms with Crippen molar-refractivity contribution in [2.75, 3.05) is 26.6 Å². The topological polar surface area (TPSA) is 48.0 Å². The summed E-state index contributed by atoms with van der Waals surface area (Å²) in [6, 6.07) is -0.0362. The number of hydrogen-bond acceptors (Lipinski definition) is 4. The molecule has 1 heterocycles. The Kier molecular flexibility index (Phi) is 17.0. The number of carbonyl (C=O) groups excluding carboxylic acids is 1. The van der Waals surface area contributed by atoms with Gasteiger partial charge in [0.15, 0.2) is 0 Å². The van der Waals surface area contributed by atoms with Crippen LogP contribution in [0.5, 0.6) is 0 Å². The lowest BCUT2D eigenvalue weighted by Gasteiger charge is -2.27. The molecule has 32 heavy (non-hydrogen) atoms. The summed E-state index contributed by atoms with van der Waals surface area (Å²) in [5.41, 5.74) is -0.487. The minimum Gasteiger partial charge on any atom is -0.444 e. The average Bonchev–Trinajstić information content (AvgIpc) is 3.20. The molecule has 0 N–H and O–H groups in total. The summed E-state index contributed by atoms with van der Waals surface area (Å²) in [4.78, 5) is 13.9. The normalized spacial score (nSPS) is 16.6. The molecule has 0 spiro atoms. The van der Waals surface area contributed by atoms with E-state index in [2.05, 4.69) is 6.92 Å². The molecule has 1 atom stereocenters. The average molecular weight is 456 g/mol. The molecule has 0 aromatic rings. The van der Waals surface area contributed by atoms with E-state index in [9.17, 15) is 4.79 Å². The van der Waals surface area contributed by atoms with Crippen LogP contribution in [0.15, 0.2) is 0 Å².